The molecule has 0 amide bonds. The van der Waals surface area contributed by atoms with Crippen molar-refractivity contribution in [3.63, 3.8) is 0 Å². The molecular formula is C27H48O8S. The number of aliphatic hydroxyl groups excluding tert-OH is 3. The lowest BCUT2D eigenvalue weighted by Gasteiger charge is -2.66. The van der Waals surface area contributed by atoms with Gasteiger partial charge in [-0.2, -0.15) is 8.42 Å². The molecule has 4 saturated carbocycles. The van der Waals surface area contributed by atoms with E-state index in [1.54, 1.807) is 0 Å². The lowest BCUT2D eigenvalue weighted by atomic mass is 9.42. The highest BCUT2D eigenvalue weighted by Crippen LogP contribution is 2.70. The van der Waals surface area contributed by atoms with Crippen LogP contribution >= 0.6 is 0 Å². The molecule has 210 valence electrons. The van der Waals surface area contributed by atoms with Gasteiger partial charge >= 0.3 is 10.4 Å². The summed E-state index contributed by atoms with van der Waals surface area (Å²) in [5.41, 5.74) is -2.16. The molecule has 0 unspecified atom stereocenters. The molecule has 0 saturated heterocycles. The molecule has 0 aromatic heterocycles. The van der Waals surface area contributed by atoms with Crippen molar-refractivity contribution in [3.05, 3.63) is 0 Å². The fraction of sp³-hybridized carbons (Fsp3) is 1.00. The van der Waals surface area contributed by atoms with Crippen molar-refractivity contribution < 1.29 is 37.6 Å². The van der Waals surface area contributed by atoms with Gasteiger partial charge in [0.05, 0.1) is 30.0 Å². The molecular weight excluding hydrogens is 484 g/mol. The molecule has 0 aliphatic heterocycles. The molecule has 0 aromatic rings. The second kappa shape index (κ2) is 9.72. The normalized spacial score (nSPS) is 48.7. The lowest BCUT2D eigenvalue weighted by Crippen LogP contribution is -2.68. The van der Waals surface area contributed by atoms with Gasteiger partial charge in [0, 0.05) is 12.3 Å². The molecule has 5 N–H and O–H groups in total. The second-order valence-electron chi connectivity index (χ2n) is 13.6. The van der Waals surface area contributed by atoms with E-state index in [1.807, 2.05) is 13.8 Å². The first kappa shape index (κ1) is 28.7. The molecule has 0 heterocycles. The molecule has 0 bridgehead atoms. The van der Waals surface area contributed by atoms with E-state index in [2.05, 4.69) is 20.8 Å². The van der Waals surface area contributed by atoms with Gasteiger partial charge in [0.2, 0.25) is 0 Å². The van der Waals surface area contributed by atoms with E-state index in [1.165, 1.54) is 0 Å². The van der Waals surface area contributed by atoms with Crippen LogP contribution in [0.25, 0.3) is 0 Å². The Kier molecular flexibility index (Phi) is 7.75. The highest BCUT2D eigenvalue weighted by atomic mass is 32.3. The van der Waals surface area contributed by atoms with Gasteiger partial charge in [0.15, 0.2) is 0 Å². The second-order valence-corrected chi connectivity index (χ2v) is 14.7. The minimum atomic E-state index is -4.74. The Balaban J connectivity index is 1.69. The van der Waals surface area contributed by atoms with Crippen LogP contribution in [0.15, 0.2) is 0 Å². The van der Waals surface area contributed by atoms with Crippen molar-refractivity contribution in [3.8, 4) is 0 Å². The Morgan fingerprint density at radius 2 is 1.64 bits per heavy atom. The van der Waals surface area contributed by atoms with Crippen molar-refractivity contribution in [1.82, 2.24) is 0 Å². The zero-order valence-corrected chi connectivity index (χ0v) is 23.3. The van der Waals surface area contributed by atoms with E-state index >= 15 is 0 Å². The SMILES string of the molecule is CC(C)[C@@H](O)CC[C@@H](C)[C@H]1C[C@H](OS(=O)(=O)O)[C@@H]2[C@]1(C)CC[C@@H]1[C@@]3(C)CC[C@H](O)C[C@@H]3[C@H](O)C[C@]12O. The van der Waals surface area contributed by atoms with Crippen molar-refractivity contribution >= 4 is 10.4 Å². The van der Waals surface area contributed by atoms with Gasteiger partial charge in [-0.1, -0.05) is 34.6 Å². The molecule has 8 nitrogen and oxygen atoms in total. The molecule has 0 radical (unpaired) electrons. The third kappa shape index (κ3) is 4.80. The number of aliphatic hydroxyl groups is 4. The standard InChI is InChI=1S/C27H48O8S/c1-15(2)20(29)7-6-16(3)18-13-22(35-36(32,33)34)24-26(18,5)11-9-23-25(4)10-8-17(28)12-19(25)21(30)14-27(23,24)31/h15-24,28-31H,6-14H2,1-5H3,(H,32,33,34)/t16-,17+,18-,19-,20+,21-,22+,23-,24-,25+,26-,27+/m1/s1. The maximum atomic E-state index is 12.5. The van der Waals surface area contributed by atoms with Crippen molar-refractivity contribution in [1.29, 1.82) is 0 Å². The molecule has 0 spiro atoms. The first-order chi connectivity index (χ1) is 16.5. The Morgan fingerprint density at radius 3 is 2.25 bits per heavy atom. The maximum absolute atomic E-state index is 12.5. The van der Waals surface area contributed by atoms with Crippen molar-refractivity contribution in [2.24, 2.45) is 46.3 Å². The summed E-state index contributed by atoms with van der Waals surface area (Å²) in [7, 11) is -4.74. The van der Waals surface area contributed by atoms with Crippen LogP contribution in [0.2, 0.25) is 0 Å². The van der Waals surface area contributed by atoms with E-state index in [4.69, 9.17) is 4.18 Å². The molecule has 9 heteroatoms. The van der Waals surface area contributed by atoms with E-state index in [0.717, 1.165) is 19.3 Å². The summed E-state index contributed by atoms with van der Waals surface area (Å²) >= 11 is 0. The van der Waals surface area contributed by atoms with Gasteiger partial charge in [-0.05, 0) is 91.8 Å². The van der Waals surface area contributed by atoms with Crippen molar-refractivity contribution in [2.75, 3.05) is 0 Å². The van der Waals surface area contributed by atoms with Crippen LogP contribution in [-0.2, 0) is 14.6 Å². The maximum Gasteiger partial charge on any atom is 0.397 e. The molecule has 4 aliphatic carbocycles. The molecule has 4 fully saturated rings. The Bertz CT molecular complexity index is 909. The smallest absolute Gasteiger partial charge is 0.393 e. The number of fused-ring (bicyclic) bond motifs is 5. The highest BCUT2D eigenvalue weighted by Gasteiger charge is 2.71. The van der Waals surface area contributed by atoms with E-state index in [0.29, 0.717) is 32.1 Å². The largest absolute Gasteiger partial charge is 0.397 e. The molecule has 36 heavy (non-hydrogen) atoms. The summed E-state index contributed by atoms with van der Waals surface area (Å²) < 4.78 is 38.8. The first-order valence-corrected chi connectivity index (χ1v) is 15.3. The van der Waals surface area contributed by atoms with E-state index in [-0.39, 0.29) is 41.4 Å². The van der Waals surface area contributed by atoms with E-state index in [9.17, 15) is 33.4 Å². The average Bonchev–Trinajstić information content (AvgIpc) is 3.04. The Hall–Kier alpha value is -0.290. The highest BCUT2D eigenvalue weighted by molar-refractivity contribution is 7.80. The van der Waals surface area contributed by atoms with Gasteiger partial charge in [0.25, 0.3) is 0 Å². The quantitative estimate of drug-likeness (QED) is 0.314. The van der Waals surface area contributed by atoms with Gasteiger partial charge in [-0.3, -0.25) is 4.55 Å². The molecule has 0 aromatic carbocycles. The first-order valence-electron chi connectivity index (χ1n) is 13.9. The number of hydrogen-bond donors (Lipinski definition) is 5. The third-order valence-electron chi connectivity index (χ3n) is 11.3. The third-order valence-corrected chi connectivity index (χ3v) is 11.8. The molecule has 4 aliphatic rings. The van der Waals surface area contributed by atoms with Gasteiger partial charge in [-0.25, -0.2) is 4.18 Å². The zero-order chi connectivity index (χ0) is 26.8. The molecule has 4 rings (SSSR count). The van der Waals surface area contributed by atoms with Gasteiger partial charge in [-0.15, -0.1) is 0 Å². The minimum Gasteiger partial charge on any atom is -0.393 e. The number of hydrogen-bond acceptors (Lipinski definition) is 7. The summed E-state index contributed by atoms with van der Waals surface area (Å²) in [5, 5.41) is 44.5. The fourth-order valence-corrected chi connectivity index (χ4v) is 10.1. The van der Waals surface area contributed by atoms with Crippen LogP contribution in [0.1, 0.15) is 92.4 Å². The number of rotatable bonds is 7. The topological polar surface area (TPSA) is 145 Å². The fourth-order valence-electron chi connectivity index (χ4n) is 9.59. The van der Waals surface area contributed by atoms with Crippen molar-refractivity contribution in [2.45, 2.75) is 122 Å². The van der Waals surface area contributed by atoms with Crippen LogP contribution in [0.4, 0.5) is 0 Å². The predicted octanol–water partition coefficient (Wildman–Crippen LogP) is 3.32. The van der Waals surface area contributed by atoms with Gasteiger partial charge < -0.3 is 20.4 Å². The van der Waals surface area contributed by atoms with Crippen LogP contribution in [0.5, 0.6) is 0 Å². The summed E-state index contributed by atoms with van der Waals surface area (Å²) in [6.45, 7) is 10.3. The average molecular weight is 533 g/mol. The van der Waals surface area contributed by atoms with Gasteiger partial charge in [0.1, 0.15) is 0 Å². The summed E-state index contributed by atoms with van der Waals surface area (Å²) in [6, 6.07) is 0. The van der Waals surface area contributed by atoms with Crippen LogP contribution in [0.3, 0.4) is 0 Å². The summed E-state index contributed by atoms with van der Waals surface area (Å²) in [6.07, 6.45) is 2.75. The monoisotopic (exact) mass is 532 g/mol. The van der Waals surface area contributed by atoms with Crippen LogP contribution in [0, 0.1) is 46.3 Å². The summed E-state index contributed by atoms with van der Waals surface area (Å²) in [4.78, 5) is 0. The van der Waals surface area contributed by atoms with E-state index < -0.39 is 51.7 Å². The van der Waals surface area contributed by atoms with Crippen LogP contribution < -0.4 is 0 Å². The van der Waals surface area contributed by atoms with Crippen LogP contribution in [-0.4, -0.2) is 63.4 Å². The lowest BCUT2D eigenvalue weighted by molar-refractivity contribution is -0.262. The predicted molar refractivity (Wildman–Crippen MR) is 135 cm³/mol. The summed E-state index contributed by atoms with van der Waals surface area (Å²) in [5.74, 6) is -0.495. The zero-order valence-electron chi connectivity index (χ0n) is 22.5. The Labute approximate surface area is 216 Å². The minimum absolute atomic E-state index is 0.0365. The Morgan fingerprint density at radius 1 is 1.00 bits per heavy atom. The molecule has 12 atom stereocenters.